The van der Waals surface area contributed by atoms with Crippen molar-refractivity contribution in [1.82, 2.24) is 4.98 Å². The summed E-state index contributed by atoms with van der Waals surface area (Å²) in [6.07, 6.45) is 0. The maximum atomic E-state index is 6.20. The van der Waals surface area contributed by atoms with Gasteiger partial charge in [-0.05, 0) is 43.3 Å². The fourth-order valence-electron chi connectivity index (χ4n) is 2.33. The Morgan fingerprint density at radius 1 is 1.19 bits per heavy atom. The third-order valence-electron chi connectivity index (χ3n) is 3.46. The summed E-state index contributed by atoms with van der Waals surface area (Å²) in [5.74, 6) is 0.839. The minimum absolute atomic E-state index is 0.754. The van der Waals surface area contributed by atoms with Gasteiger partial charge < -0.3 is 15.4 Å². The van der Waals surface area contributed by atoms with Crippen molar-refractivity contribution in [2.75, 3.05) is 24.8 Å². The smallest absolute Gasteiger partial charge is 0.119 e. The zero-order valence-corrected chi connectivity index (χ0v) is 13.1. The normalized spacial score (nSPS) is 10.8. The van der Waals surface area contributed by atoms with Crippen LogP contribution in [-0.2, 0) is 0 Å². The number of aromatic nitrogens is 1. The number of nitrogens with two attached hydrogens (primary N) is 1. The minimum Gasteiger partial charge on any atom is -0.497 e. The van der Waals surface area contributed by atoms with Crippen LogP contribution in [0, 0.1) is 6.92 Å². The minimum atomic E-state index is 0.754. The van der Waals surface area contributed by atoms with Gasteiger partial charge >= 0.3 is 0 Å². The van der Waals surface area contributed by atoms with E-state index in [9.17, 15) is 0 Å². The molecular weight excluding hydrogens is 282 g/mol. The predicted molar refractivity (Wildman–Crippen MR) is 89.8 cm³/mol. The maximum absolute atomic E-state index is 6.20. The largest absolute Gasteiger partial charge is 0.497 e. The van der Waals surface area contributed by atoms with E-state index in [1.807, 2.05) is 50.4 Å². The number of nitrogens with zero attached hydrogens (tertiary/aromatic N) is 2. The van der Waals surface area contributed by atoms with Crippen molar-refractivity contribution in [2.45, 2.75) is 6.92 Å². The highest BCUT2D eigenvalue weighted by Gasteiger charge is 2.11. The Morgan fingerprint density at radius 2 is 1.90 bits per heavy atom. The van der Waals surface area contributed by atoms with Crippen LogP contribution in [0.3, 0.4) is 0 Å². The molecule has 0 bridgehead atoms. The van der Waals surface area contributed by atoms with Crippen molar-refractivity contribution < 1.29 is 4.74 Å². The van der Waals surface area contributed by atoms with Gasteiger partial charge in [-0.2, -0.15) is 0 Å². The van der Waals surface area contributed by atoms with Crippen molar-refractivity contribution in [1.29, 1.82) is 0 Å². The zero-order chi connectivity index (χ0) is 15.0. The number of methoxy groups -OCH3 is 1. The first-order chi connectivity index (χ1) is 10.1. The van der Waals surface area contributed by atoms with Crippen LogP contribution in [-0.4, -0.2) is 19.1 Å². The first-order valence-electron chi connectivity index (χ1n) is 6.63. The van der Waals surface area contributed by atoms with E-state index in [1.54, 1.807) is 18.4 Å². The predicted octanol–water partition coefficient (Wildman–Crippen LogP) is 3.96. The van der Waals surface area contributed by atoms with E-state index in [0.29, 0.717) is 0 Å². The van der Waals surface area contributed by atoms with Crippen LogP contribution in [0.15, 0.2) is 36.4 Å². The second-order valence-electron chi connectivity index (χ2n) is 4.87. The molecule has 5 heteroatoms. The average molecular weight is 299 g/mol. The molecule has 0 aliphatic carbocycles. The van der Waals surface area contributed by atoms with Gasteiger partial charge in [-0.25, -0.2) is 4.98 Å². The summed E-state index contributed by atoms with van der Waals surface area (Å²) in [5, 5.41) is 1.05. The Kier molecular flexibility index (Phi) is 3.43. The second kappa shape index (κ2) is 5.26. The van der Waals surface area contributed by atoms with Crippen molar-refractivity contribution in [3.05, 3.63) is 41.4 Å². The fourth-order valence-corrected chi connectivity index (χ4v) is 3.19. The van der Waals surface area contributed by atoms with Crippen molar-refractivity contribution in [2.24, 2.45) is 0 Å². The van der Waals surface area contributed by atoms with Crippen molar-refractivity contribution in [3.63, 3.8) is 0 Å². The molecule has 2 aromatic carbocycles. The third kappa shape index (κ3) is 2.52. The lowest BCUT2D eigenvalue weighted by molar-refractivity contribution is 0.415. The summed E-state index contributed by atoms with van der Waals surface area (Å²) >= 11 is 1.66. The van der Waals surface area contributed by atoms with Gasteiger partial charge in [0.05, 0.1) is 33.7 Å². The molecule has 0 spiro atoms. The quantitative estimate of drug-likeness (QED) is 0.744. The van der Waals surface area contributed by atoms with Crippen molar-refractivity contribution in [3.8, 4) is 5.75 Å². The van der Waals surface area contributed by atoms with E-state index in [0.717, 1.165) is 38.0 Å². The van der Waals surface area contributed by atoms with Gasteiger partial charge in [-0.15, -0.1) is 11.3 Å². The molecule has 3 aromatic rings. The highest BCUT2D eigenvalue weighted by atomic mass is 32.1. The molecule has 0 aliphatic rings. The molecule has 0 fully saturated rings. The number of rotatable bonds is 3. The summed E-state index contributed by atoms with van der Waals surface area (Å²) in [4.78, 5) is 6.59. The molecule has 0 saturated carbocycles. The fraction of sp³-hybridized carbons (Fsp3) is 0.188. The van der Waals surface area contributed by atoms with Crippen LogP contribution in [0.2, 0.25) is 0 Å². The SMILES string of the molecule is COc1ccc(N(C)c2cc3nc(C)sc3cc2N)cc1. The molecule has 0 amide bonds. The molecule has 0 unspecified atom stereocenters. The maximum Gasteiger partial charge on any atom is 0.119 e. The highest BCUT2D eigenvalue weighted by molar-refractivity contribution is 7.18. The lowest BCUT2D eigenvalue weighted by atomic mass is 10.2. The van der Waals surface area contributed by atoms with Gasteiger partial charge in [0.1, 0.15) is 5.75 Å². The molecular formula is C16H17N3OS. The Bertz CT molecular complexity index is 780. The number of aryl methyl sites for hydroxylation is 1. The van der Waals surface area contributed by atoms with E-state index in [-0.39, 0.29) is 0 Å². The molecule has 3 rings (SSSR count). The Balaban J connectivity index is 2.02. The molecule has 21 heavy (non-hydrogen) atoms. The Labute approximate surface area is 127 Å². The first-order valence-corrected chi connectivity index (χ1v) is 7.44. The number of fused-ring (bicyclic) bond motifs is 1. The molecule has 1 heterocycles. The number of nitrogen functional groups attached to an aromatic ring is 1. The molecule has 0 atom stereocenters. The average Bonchev–Trinajstić information content (AvgIpc) is 2.85. The lowest BCUT2D eigenvalue weighted by Crippen LogP contribution is -2.11. The molecule has 108 valence electrons. The summed E-state index contributed by atoms with van der Waals surface area (Å²) in [6, 6.07) is 11.9. The van der Waals surface area contributed by atoms with E-state index >= 15 is 0 Å². The van der Waals surface area contributed by atoms with E-state index in [4.69, 9.17) is 10.5 Å². The van der Waals surface area contributed by atoms with E-state index in [2.05, 4.69) is 9.88 Å². The van der Waals surface area contributed by atoms with Crippen molar-refractivity contribution >= 4 is 38.6 Å². The van der Waals surface area contributed by atoms with Gasteiger partial charge in [0.15, 0.2) is 0 Å². The second-order valence-corrected chi connectivity index (χ2v) is 6.10. The van der Waals surface area contributed by atoms with Gasteiger partial charge in [-0.3, -0.25) is 0 Å². The number of ether oxygens (including phenoxy) is 1. The van der Waals surface area contributed by atoms with Gasteiger partial charge in [0, 0.05) is 12.7 Å². The van der Waals surface area contributed by atoms with Crippen LogP contribution in [0.25, 0.3) is 10.2 Å². The first kappa shape index (κ1) is 13.7. The number of hydrogen-bond donors (Lipinski definition) is 1. The van der Waals surface area contributed by atoms with E-state index in [1.165, 1.54) is 0 Å². The molecule has 1 aromatic heterocycles. The van der Waals surface area contributed by atoms with Gasteiger partial charge in [0.25, 0.3) is 0 Å². The Hall–Kier alpha value is -2.27. The number of thiazole rings is 1. The van der Waals surface area contributed by atoms with Crippen LogP contribution in [0.4, 0.5) is 17.1 Å². The third-order valence-corrected chi connectivity index (χ3v) is 4.40. The van der Waals surface area contributed by atoms with Gasteiger partial charge in [-0.1, -0.05) is 0 Å². The monoisotopic (exact) mass is 299 g/mol. The molecule has 4 nitrogen and oxygen atoms in total. The number of anilines is 3. The summed E-state index contributed by atoms with van der Waals surface area (Å²) in [5.41, 5.74) is 9.95. The highest BCUT2D eigenvalue weighted by Crippen LogP contribution is 2.35. The molecule has 0 aliphatic heterocycles. The summed E-state index contributed by atoms with van der Waals surface area (Å²) < 4.78 is 6.31. The Morgan fingerprint density at radius 3 is 2.57 bits per heavy atom. The molecule has 2 N–H and O–H groups in total. The molecule has 0 saturated heterocycles. The summed E-state index contributed by atoms with van der Waals surface area (Å²) in [7, 11) is 3.66. The number of hydrogen-bond acceptors (Lipinski definition) is 5. The zero-order valence-electron chi connectivity index (χ0n) is 12.3. The van der Waals surface area contributed by atoms with Crippen LogP contribution < -0.4 is 15.4 Å². The van der Waals surface area contributed by atoms with Gasteiger partial charge in [0.2, 0.25) is 0 Å². The van der Waals surface area contributed by atoms with E-state index < -0.39 is 0 Å². The van der Waals surface area contributed by atoms with Crippen LogP contribution >= 0.6 is 11.3 Å². The topological polar surface area (TPSA) is 51.4 Å². The standard InChI is InChI=1S/C16H17N3OS/c1-10-18-14-9-15(13(17)8-16(14)21-10)19(2)11-4-6-12(20-3)7-5-11/h4-9H,17H2,1-3H3. The van der Waals surface area contributed by atoms with Crippen LogP contribution in [0.5, 0.6) is 5.75 Å². The molecule has 0 radical (unpaired) electrons. The lowest BCUT2D eigenvalue weighted by Gasteiger charge is -2.21. The van der Waals surface area contributed by atoms with Crippen LogP contribution in [0.1, 0.15) is 5.01 Å². The summed E-state index contributed by atoms with van der Waals surface area (Å²) in [6.45, 7) is 2.01. The number of benzene rings is 2.